The molecule has 1 fully saturated rings. The van der Waals surface area contributed by atoms with Crippen molar-refractivity contribution in [3.05, 3.63) is 0 Å². The van der Waals surface area contributed by atoms with E-state index < -0.39 is 5.67 Å². The van der Waals surface area contributed by atoms with Crippen LogP contribution in [0.25, 0.3) is 0 Å². The van der Waals surface area contributed by atoms with E-state index in [1.165, 1.54) is 0 Å². The first-order valence-electron chi connectivity index (χ1n) is 5.04. The molecule has 0 aromatic rings. The molecule has 0 saturated heterocycles. The summed E-state index contributed by atoms with van der Waals surface area (Å²) in [6, 6.07) is 0. The normalized spacial score (nSPS) is 38.2. The van der Waals surface area contributed by atoms with Crippen molar-refractivity contribution in [1.29, 1.82) is 0 Å². The smallest absolute Gasteiger partial charge is 0.115 e. The van der Waals surface area contributed by atoms with Crippen LogP contribution in [0.2, 0.25) is 0 Å². The predicted octanol–water partition coefficient (Wildman–Crippen LogP) is 3.95. The van der Waals surface area contributed by atoms with Crippen LogP contribution < -0.4 is 0 Å². The first-order chi connectivity index (χ1) is 5.35. The van der Waals surface area contributed by atoms with Crippen LogP contribution in [0.3, 0.4) is 0 Å². The SMILES string of the molecule is CC1CCC(F)(C(C)(C)C)CC1. The molecule has 0 radical (unpaired) electrons. The van der Waals surface area contributed by atoms with Crippen molar-refractivity contribution in [3.63, 3.8) is 0 Å². The molecule has 0 heterocycles. The van der Waals surface area contributed by atoms with Gasteiger partial charge in [0.05, 0.1) is 0 Å². The highest BCUT2D eigenvalue weighted by Gasteiger charge is 2.43. The van der Waals surface area contributed by atoms with Gasteiger partial charge in [0.2, 0.25) is 0 Å². The van der Waals surface area contributed by atoms with Gasteiger partial charge in [0.1, 0.15) is 5.67 Å². The van der Waals surface area contributed by atoms with Gasteiger partial charge in [0, 0.05) is 0 Å². The van der Waals surface area contributed by atoms with E-state index in [2.05, 4.69) is 6.92 Å². The van der Waals surface area contributed by atoms with E-state index in [0.717, 1.165) is 31.6 Å². The molecule has 0 amide bonds. The van der Waals surface area contributed by atoms with Gasteiger partial charge in [-0.1, -0.05) is 27.7 Å². The van der Waals surface area contributed by atoms with Gasteiger partial charge in [-0.3, -0.25) is 0 Å². The molecule has 0 aromatic heterocycles. The van der Waals surface area contributed by atoms with E-state index >= 15 is 0 Å². The second-order valence-electron chi connectivity index (χ2n) is 5.40. The van der Waals surface area contributed by atoms with E-state index in [1.807, 2.05) is 20.8 Å². The van der Waals surface area contributed by atoms with E-state index in [9.17, 15) is 4.39 Å². The van der Waals surface area contributed by atoms with Crippen LogP contribution >= 0.6 is 0 Å². The second-order valence-corrected chi connectivity index (χ2v) is 5.40. The minimum Gasteiger partial charge on any atom is -0.243 e. The van der Waals surface area contributed by atoms with Crippen molar-refractivity contribution < 1.29 is 4.39 Å². The Hall–Kier alpha value is -0.0700. The van der Waals surface area contributed by atoms with Gasteiger partial charge in [-0.15, -0.1) is 0 Å². The Bertz CT molecular complexity index is 147. The maximum Gasteiger partial charge on any atom is 0.115 e. The van der Waals surface area contributed by atoms with Crippen molar-refractivity contribution in [3.8, 4) is 0 Å². The summed E-state index contributed by atoms with van der Waals surface area (Å²) in [4.78, 5) is 0. The molecule has 12 heavy (non-hydrogen) atoms. The molecule has 1 aliphatic rings. The molecule has 0 bridgehead atoms. The average Bonchev–Trinajstić information content (AvgIpc) is 1.93. The van der Waals surface area contributed by atoms with Crippen LogP contribution in [0.1, 0.15) is 53.4 Å². The number of hydrogen-bond donors (Lipinski definition) is 0. The molecule has 1 heteroatoms. The zero-order valence-electron chi connectivity index (χ0n) is 8.78. The fourth-order valence-corrected chi connectivity index (χ4v) is 1.97. The molecule has 1 aliphatic carbocycles. The zero-order chi connectivity index (χ0) is 9.41. The lowest BCUT2D eigenvalue weighted by atomic mass is 9.68. The van der Waals surface area contributed by atoms with Crippen molar-refractivity contribution >= 4 is 0 Å². The maximum absolute atomic E-state index is 14.3. The Morgan fingerprint density at radius 2 is 1.58 bits per heavy atom. The first kappa shape index (κ1) is 10.0. The molecule has 1 saturated carbocycles. The summed E-state index contributed by atoms with van der Waals surface area (Å²) in [6.07, 6.45) is 3.65. The summed E-state index contributed by atoms with van der Waals surface area (Å²) in [5.41, 5.74) is -1.08. The van der Waals surface area contributed by atoms with E-state index in [4.69, 9.17) is 0 Å². The van der Waals surface area contributed by atoms with E-state index in [0.29, 0.717) is 0 Å². The lowest BCUT2D eigenvalue weighted by Gasteiger charge is -2.42. The summed E-state index contributed by atoms with van der Waals surface area (Å²) in [5.74, 6) is 0.733. The third-order valence-electron chi connectivity index (χ3n) is 3.41. The van der Waals surface area contributed by atoms with Crippen molar-refractivity contribution in [2.24, 2.45) is 11.3 Å². The van der Waals surface area contributed by atoms with E-state index in [-0.39, 0.29) is 5.41 Å². The Labute approximate surface area is 75.5 Å². The Morgan fingerprint density at radius 3 is 1.92 bits per heavy atom. The maximum atomic E-state index is 14.3. The number of rotatable bonds is 0. The fraction of sp³-hybridized carbons (Fsp3) is 1.00. The molecule has 0 spiro atoms. The van der Waals surface area contributed by atoms with Crippen LogP contribution in [0.5, 0.6) is 0 Å². The van der Waals surface area contributed by atoms with Gasteiger partial charge in [0.25, 0.3) is 0 Å². The summed E-state index contributed by atoms with van der Waals surface area (Å²) in [6.45, 7) is 8.28. The Balaban J connectivity index is 2.62. The van der Waals surface area contributed by atoms with Crippen LogP contribution in [0.4, 0.5) is 4.39 Å². The minimum atomic E-state index is -0.903. The third-order valence-corrected chi connectivity index (χ3v) is 3.41. The number of alkyl halides is 1. The topological polar surface area (TPSA) is 0 Å². The molecule has 0 atom stereocenters. The first-order valence-corrected chi connectivity index (χ1v) is 5.04. The van der Waals surface area contributed by atoms with Crippen molar-refractivity contribution in [2.75, 3.05) is 0 Å². The van der Waals surface area contributed by atoms with Gasteiger partial charge in [-0.25, -0.2) is 4.39 Å². The summed E-state index contributed by atoms with van der Waals surface area (Å²) in [5, 5.41) is 0. The number of halogens is 1. The van der Waals surface area contributed by atoms with Crippen LogP contribution in [-0.2, 0) is 0 Å². The highest BCUT2D eigenvalue weighted by Crippen LogP contribution is 2.46. The Morgan fingerprint density at radius 1 is 1.17 bits per heavy atom. The largest absolute Gasteiger partial charge is 0.243 e. The van der Waals surface area contributed by atoms with Crippen LogP contribution in [0, 0.1) is 11.3 Å². The monoisotopic (exact) mass is 172 g/mol. The molecule has 72 valence electrons. The highest BCUT2D eigenvalue weighted by atomic mass is 19.1. The zero-order valence-corrected chi connectivity index (χ0v) is 8.78. The fourth-order valence-electron chi connectivity index (χ4n) is 1.97. The molecule has 1 rings (SSSR count). The van der Waals surface area contributed by atoms with Gasteiger partial charge in [-0.05, 0) is 37.0 Å². The molecular formula is C11H21F. The highest BCUT2D eigenvalue weighted by molar-refractivity contribution is 4.94. The van der Waals surface area contributed by atoms with E-state index in [1.54, 1.807) is 0 Å². The molecular weight excluding hydrogens is 151 g/mol. The minimum absolute atomic E-state index is 0.173. The van der Waals surface area contributed by atoms with Crippen LogP contribution in [-0.4, -0.2) is 5.67 Å². The second kappa shape index (κ2) is 3.01. The van der Waals surface area contributed by atoms with Gasteiger partial charge < -0.3 is 0 Å². The Kier molecular flexibility index (Phi) is 2.51. The summed E-state index contributed by atoms with van der Waals surface area (Å²) in [7, 11) is 0. The molecule has 0 N–H and O–H groups in total. The molecule has 0 nitrogen and oxygen atoms in total. The van der Waals surface area contributed by atoms with Gasteiger partial charge in [0.15, 0.2) is 0 Å². The summed E-state index contributed by atoms with van der Waals surface area (Å²) >= 11 is 0. The van der Waals surface area contributed by atoms with Gasteiger partial charge >= 0.3 is 0 Å². The molecule has 0 aliphatic heterocycles. The van der Waals surface area contributed by atoms with Gasteiger partial charge in [-0.2, -0.15) is 0 Å². The molecule has 0 unspecified atom stereocenters. The average molecular weight is 172 g/mol. The predicted molar refractivity (Wildman–Crippen MR) is 50.9 cm³/mol. The van der Waals surface area contributed by atoms with Crippen LogP contribution in [0.15, 0.2) is 0 Å². The number of hydrogen-bond acceptors (Lipinski definition) is 0. The summed E-state index contributed by atoms with van der Waals surface area (Å²) < 4.78 is 14.3. The third kappa shape index (κ3) is 1.81. The standard InChI is InChI=1S/C11H21F/c1-9-5-7-11(12,8-6-9)10(2,3)4/h9H,5-8H2,1-4H3. The lowest BCUT2D eigenvalue weighted by Crippen LogP contribution is -2.41. The molecule has 0 aromatic carbocycles. The quantitative estimate of drug-likeness (QED) is 0.519. The van der Waals surface area contributed by atoms with Crippen molar-refractivity contribution in [1.82, 2.24) is 0 Å². The lowest BCUT2D eigenvalue weighted by molar-refractivity contribution is -0.0164. The van der Waals surface area contributed by atoms with Crippen molar-refractivity contribution in [2.45, 2.75) is 59.0 Å².